The van der Waals surface area contributed by atoms with Crippen molar-refractivity contribution in [1.29, 1.82) is 0 Å². The van der Waals surface area contributed by atoms with Crippen molar-refractivity contribution in [2.24, 2.45) is 0 Å². The molecule has 0 radical (unpaired) electrons. The zero-order valence-corrected chi connectivity index (χ0v) is 37.3. The number of quaternary nitrogens is 1. The molecule has 7 heteroatoms. The summed E-state index contributed by atoms with van der Waals surface area (Å²) < 4.78 is 23.6. The number of aryl methyl sites for hydroxylation is 2. The van der Waals surface area contributed by atoms with Crippen molar-refractivity contribution in [3.63, 3.8) is 0 Å². The molecule has 0 heterocycles. The lowest BCUT2D eigenvalue weighted by molar-refractivity contribution is -0.921. The monoisotopic (exact) mass is 768 g/mol. The highest BCUT2D eigenvalue weighted by atomic mass is 16.7. The highest BCUT2D eigenvalue weighted by Crippen LogP contribution is 2.24. The molecule has 6 nitrogen and oxygen atoms in total. The second kappa shape index (κ2) is 34.0. The number of rotatable bonds is 34. The van der Waals surface area contributed by atoms with Gasteiger partial charge in [0, 0.05) is 0 Å². The SMILES string of the molecule is CCCCCCCCCCCCc1cc(OC)ccc1COB([O-])OCc1ccc(OC)cc1CCCCCCCCCCCC.CC[N+](CC)(CC)CC. The Morgan fingerprint density at radius 2 is 0.745 bits per heavy atom. The van der Waals surface area contributed by atoms with Crippen LogP contribution in [0.25, 0.3) is 0 Å². The van der Waals surface area contributed by atoms with Gasteiger partial charge in [0.05, 0.1) is 53.6 Å². The molecular weight excluding hydrogens is 681 g/mol. The summed E-state index contributed by atoms with van der Waals surface area (Å²) in [5, 5.41) is 12.7. The minimum absolute atomic E-state index is 0.235. The normalized spacial score (nSPS) is 11.4. The Balaban J connectivity index is 0.00000148. The third-order valence-electron chi connectivity index (χ3n) is 11.9. The van der Waals surface area contributed by atoms with Gasteiger partial charge >= 0.3 is 7.32 Å². The molecule has 55 heavy (non-hydrogen) atoms. The van der Waals surface area contributed by atoms with Gasteiger partial charge in [0.1, 0.15) is 11.5 Å². The molecule has 0 spiro atoms. The molecule has 2 aromatic rings. The fourth-order valence-corrected chi connectivity index (χ4v) is 7.52. The highest BCUT2D eigenvalue weighted by Gasteiger charge is 2.16. The second-order valence-corrected chi connectivity index (χ2v) is 15.7. The van der Waals surface area contributed by atoms with Crippen LogP contribution in [0, 0.1) is 0 Å². The van der Waals surface area contributed by atoms with Gasteiger partial charge in [-0.3, -0.25) is 0 Å². The summed E-state index contributed by atoms with van der Waals surface area (Å²) in [5.74, 6) is 1.69. The van der Waals surface area contributed by atoms with Gasteiger partial charge in [-0.05, 0) is 99.9 Å². The van der Waals surface area contributed by atoms with Crippen LogP contribution in [0.15, 0.2) is 36.4 Å². The number of methoxy groups -OCH3 is 2. The number of hydrogen-bond acceptors (Lipinski definition) is 5. The van der Waals surface area contributed by atoms with Crippen LogP contribution in [-0.2, 0) is 35.4 Å². The first-order chi connectivity index (χ1) is 26.8. The van der Waals surface area contributed by atoms with E-state index in [1.807, 2.05) is 24.3 Å². The van der Waals surface area contributed by atoms with E-state index < -0.39 is 7.32 Å². The minimum Gasteiger partial charge on any atom is -0.832 e. The van der Waals surface area contributed by atoms with Gasteiger partial charge in [0.25, 0.3) is 0 Å². The van der Waals surface area contributed by atoms with Crippen LogP contribution in [0.2, 0.25) is 0 Å². The Hall–Kier alpha value is -2.06. The zero-order chi connectivity index (χ0) is 40.4. The van der Waals surface area contributed by atoms with Gasteiger partial charge in [-0.1, -0.05) is 142 Å². The van der Waals surface area contributed by atoms with Gasteiger partial charge < -0.3 is 28.3 Å². The summed E-state index contributed by atoms with van der Waals surface area (Å²) in [7, 11) is 1.85. The van der Waals surface area contributed by atoms with Crippen molar-refractivity contribution >= 4 is 7.32 Å². The van der Waals surface area contributed by atoms with E-state index in [-0.39, 0.29) is 13.2 Å². The van der Waals surface area contributed by atoms with E-state index in [4.69, 9.17) is 18.8 Å². The van der Waals surface area contributed by atoms with E-state index in [9.17, 15) is 5.02 Å². The Morgan fingerprint density at radius 3 is 1.02 bits per heavy atom. The van der Waals surface area contributed by atoms with Crippen molar-refractivity contribution in [1.82, 2.24) is 0 Å². The molecule has 0 atom stereocenters. The lowest BCUT2D eigenvalue weighted by Gasteiger charge is -2.34. The second-order valence-electron chi connectivity index (χ2n) is 15.7. The van der Waals surface area contributed by atoms with E-state index in [0.29, 0.717) is 0 Å². The maximum Gasteiger partial charge on any atom is 0.345 e. The number of hydrogen-bond donors (Lipinski definition) is 0. The molecule has 0 amide bonds. The zero-order valence-electron chi connectivity index (χ0n) is 37.3. The lowest BCUT2D eigenvalue weighted by atomic mass is 9.99. The molecule has 0 saturated heterocycles. The molecule has 0 aliphatic carbocycles. The molecule has 0 fully saturated rings. The Kier molecular flexibility index (Phi) is 31.5. The fraction of sp³-hybridized carbons (Fsp3) is 0.750. The van der Waals surface area contributed by atoms with E-state index in [1.165, 1.54) is 157 Å². The van der Waals surface area contributed by atoms with Crippen LogP contribution < -0.4 is 14.5 Å². The summed E-state index contributed by atoms with van der Waals surface area (Å²) in [5.41, 5.74) is 4.46. The van der Waals surface area contributed by atoms with Crippen molar-refractivity contribution in [2.75, 3.05) is 40.4 Å². The van der Waals surface area contributed by atoms with Crippen LogP contribution in [0.4, 0.5) is 0 Å². The molecule has 0 saturated carbocycles. The first-order valence-corrected chi connectivity index (χ1v) is 22.9. The van der Waals surface area contributed by atoms with Gasteiger partial charge in [-0.15, -0.1) is 0 Å². The number of benzene rings is 2. The molecule has 316 valence electrons. The molecule has 2 aromatic carbocycles. The maximum absolute atomic E-state index is 12.7. The average molecular weight is 768 g/mol. The molecule has 0 aliphatic heterocycles. The quantitative estimate of drug-likeness (QED) is 0.0403. The third-order valence-corrected chi connectivity index (χ3v) is 11.9. The fourth-order valence-electron chi connectivity index (χ4n) is 7.52. The smallest absolute Gasteiger partial charge is 0.345 e. The van der Waals surface area contributed by atoms with E-state index >= 15 is 0 Å². The topological polar surface area (TPSA) is 60.0 Å². The first kappa shape index (κ1) is 51.0. The molecule has 0 aromatic heterocycles. The van der Waals surface area contributed by atoms with Gasteiger partial charge in [0.2, 0.25) is 0 Å². The van der Waals surface area contributed by atoms with Crippen LogP contribution in [0.3, 0.4) is 0 Å². The van der Waals surface area contributed by atoms with E-state index in [1.54, 1.807) is 14.2 Å². The Labute approximate surface area is 341 Å². The predicted molar refractivity (Wildman–Crippen MR) is 235 cm³/mol. The van der Waals surface area contributed by atoms with Crippen LogP contribution in [0.5, 0.6) is 11.5 Å². The molecule has 2 rings (SSSR count). The summed E-state index contributed by atoms with van der Waals surface area (Å²) in [6.45, 7) is 19.2. The molecule has 0 bridgehead atoms. The maximum atomic E-state index is 12.7. The number of nitrogens with zero attached hydrogens (tertiary/aromatic N) is 1. The predicted octanol–water partition coefficient (Wildman–Crippen LogP) is 12.6. The number of ether oxygens (including phenoxy) is 2. The van der Waals surface area contributed by atoms with Crippen molar-refractivity contribution in [3.05, 3.63) is 58.7 Å². The lowest BCUT2D eigenvalue weighted by Crippen LogP contribution is -2.47. The van der Waals surface area contributed by atoms with Crippen molar-refractivity contribution < 1.29 is 28.3 Å². The number of unbranched alkanes of at least 4 members (excludes halogenated alkanes) is 18. The van der Waals surface area contributed by atoms with Crippen LogP contribution in [-0.4, -0.2) is 52.2 Å². The summed E-state index contributed by atoms with van der Waals surface area (Å²) >= 11 is 0. The van der Waals surface area contributed by atoms with E-state index in [0.717, 1.165) is 48.3 Å². The first-order valence-electron chi connectivity index (χ1n) is 22.9. The van der Waals surface area contributed by atoms with Crippen LogP contribution in [0.1, 0.15) is 192 Å². The van der Waals surface area contributed by atoms with Gasteiger partial charge in [-0.2, -0.15) is 0 Å². The van der Waals surface area contributed by atoms with Gasteiger partial charge in [-0.25, -0.2) is 0 Å². The Morgan fingerprint density at radius 1 is 0.436 bits per heavy atom. The highest BCUT2D eigenvalue weighted by molar-refractivity contribution is 6.32. The summed E-state index contributed by atoms with van der Waals surface area (Å²) in [6.07, 6.45) is 28.2. The van der Waals surface area contributed by atoms with Gasteiger partial charge in [0.15, 0.2) is 0 Å². The third kappa shape index (κ3) is 23.7. The summed E-state index contributed by atoms with van der Waals surface area (Å²) in [6, 6.07) is 12.1. The van der Waals surface area contributed by atoms with Crippen molar-refractivity contribution in [3.8, 4) is 11.5 Å². The average Bonchev–Trinajstić information content (AvgIpc) is 3.22. The molecule has 0 unspecified atom stereocenters. The summed E-state index contributed by atoms with van der Waals surface area (Å²) in [4.78, 5) is 0. The largest absolute Gasteiger partial charge is 0.832 e. The minimum atomic E-state index is -1.54. The molecule has 0 aliphatic rings. The van der Waals surface area contributed by atoms with E-state index in [2.05, 4.69) is 53.7 Å². The van der Waals surface area contributed by atoms with Crippen molar-refractivity contribution in [2.45, 2.75) is 196 Å². The van der Waals surface area contributed by atoms with Crippen LogP contribution >= 0.6 is 0 Å². The Bertz CT molecular complexity index is 1080. The molecular formula is C48H86BNO5. The molecule has 0 N–H and O–H groups in total. The standard InChI is InChI=1S/C40H66BO5.C8H20N/c1-5-7-9-11-13-15-17-19-21-23-25-35-31-39(43-3)29-27-37(35)33-45-41(42)46-34-38-28-30-40(44-4)32-36(38)26-24-22-20-18-16-14-12-10-8-6-2;1-5-9(6-2,7-3)8-4/h27-32H,5-26,33-34H2,1-4H3;5-8H2,1-4H3/q-1;+1.